The quantitative estimate of drug-likeness (QED) is 0.434. The standard InChI is InChI=1S/C7H12F3NOS/c1-2-12-6(11)3-4-13-5-7(8,9)10/h11H,2-5H2,1H3. The van der Waals surface area contributed by atoms with E-state index in [1.807, 2.05) is 0 Å². The van der Waals surface area contributed by atoms with Gasteiger partial charge in [-0.3, -0.25) is 5.41 Å². The summed E-state index contributed by atoms with van der Waals surface area (Å²) in [6.07, 6.45) is -3.85. The van der Waals surface area contributed by atoms with Crippen LogP contribution in [0.15, 0.2) is 0 Å². The molecule has 6 heteroatoms. The normalized spacial score (nSPS) is 11.4. The minimum Gasteiger partial charge on any atom is -0.481 e. The summed E-state index contributed by atoms with van der Waals surface area (Å²) in [4.78, 5) is 0. The lowest BCUT2D eigenvalue weighted by atomic mass is 10.5. The molecule has 0 saturated carbocycles. The fraction of sp³-hybridized carbons (Fsp3) is 0.857. The molecule has 1 N–H and O–H groups in total. The van der Waals surface area contributed by atoms with Crippen LogP contribution in [0.5, 0.6) is 0 Å². The van der Waals surface area contributed by atoms with Gasteiger partial charge in [-0.2, -0.15) is 24.9 Å². The number of nitrogens with one attached hydrogen (secondary N) is 1. The molecular formula is C7H12F3NOS. The van der Waals surface area contributed by atoms with Crippen molar-refractivity contribution in [3.8, 4) is 0 Å². The second-order valence-electron chi connectivity index (χ2n) is 2.27. The van der Waals surface area contributed by atoms with Gasteiger partial charge in [0.15, 0.2) is 5.90 Å². The molecule has 13 heavy (non-hydrogen) atoms. The molecule has 0 aromatic carbocycles. The highest BCUT2D eigenvalue weighted by Crippen LogP contribution is 2.21. The van der Waals surface area contributed by atoms with Gasteiger partial charge in [0.25, 0.3) is 0 Å². The van der Waals surface area contributed by atoms with E-state index in [2.05, 4.69) is 0 Å². The zero-order chi connectivity index (χ0) is 10.3. The van der Waals surface area contributed by atoms with E-state index in [0.717, 1.165) is 11.8 Å². The Morgan fingerprint density at radius 3 is 2.54 bits per heavy atom. The SMILES string of the molecule is CCOC(=N)CCSCC(F)(F)F. The summed E-state index contributed by atoms with van der Waals surface area (Å²) in [5, 5.41) is 7.11. The van der Waals surface area contributed by atoms with E-state index in [-0.39, 0.29) is 18.1 Å². The first-order valence-corrected chi connectivity index (χ1v) is 4.96. The van der Waals surface area contributed by atoms with Crippen LogP contribution in [0.2, 0.25) is 0 Å². The van der Waals surface area contributed by atoms with Crippen LogP contribution in [0.4, 0.5) is 13.2 Å². The van der Waals surface area contributed by atoms with Crippen molar-refractivity contribution in [2.24, 2.45) is 0 Å². The molecule has 0 radical (unpaired) electrons. The van der Waals surface area contributed by atoms with Gasteiger partial charge in [0.2, 0.25) is 0 Å². The topological polar surface area (TPSA) is 33.1 Å². The van der Waals surface area contributed by atoms with Crippen molar-refractivity contribution in [3.63, 3.8) is 0 Å². The predicted octanol–water partition coefficient (Wildman–Crippen LogP) is 2.69. The van der Waals surface area contributed by atoms with Gasteiger partial charge in [-0.15, -0.1) is 0 Å². The lowest BCUT2D eigenvalue weighted by Crippen LogP contribution is -2.12. The van der Waals surface area contributed by atoms with E-state index in [4.69, 9.17) is 10.1 Å². The van der Waals surface area contributed by atoms with Crippen molar-refractivity contribution in [3.05, 3.63) is 0 Å². The van der Waals surface area contributed by atoms with Crippen LogP contribution >= 0.6 is 11.8 Å². The van der Waals surface area contributed by atoms with Crippen LogP contribution in [0, 0.1) is 5.41 Å². The second-order valence-corrected chi connectivity index (χ2v) is 3.38. The molecule has 0 rings (SSSR count). The molecule has 0 bridgehead atoms. The Labute approximate surface area is 79.3 Å². The van der Waals surface area contributed by atoms with Gasteiger partial charge in [-0.25, -0.2) is 0 Å². The van der Waals surface area contributed by atoms with Gasteiger partial charge in [0.1, 0.15) is 0 Å². The van der Waals surface area contributed by atoms with Crippen LogP contribution in [0.1, 0.15) is 13.3 Å². The van der Waals surface area contributed by atoms with Crippen molar-refractivity contribution >= 4 is 17.7 Å². The van der Waals surface area contributed by atoms with E-state index in [9.17, 15) is 13.2 Å². The van der Waals surface area contributed by atoms with Crippen LogP contribution < -0.4 is 0 Å². The molecule has 2 nitrogen and oxygen atoms in total. The van der Waals surface area contributed by atoms with Gasteiger partial charge in [0, 0.05) is 12.2 Å². The highest BCUT2D eigenvalue weighted by atomic mass is 32.2. The van der Waals surface area contributed by atoms with Crippen molar-refractivity contribution in [2.45, 2.75) is 19.5 Å². The Balaban J connectivity index is 3.31. The molecule has 0 heterocycles. The smallest absolute Gasteiger partial charge is 0.397 e. The molecule has 0 aliphatic rings. The lowest BCUT2D eigenvalue weighted by molar-refractivity contribution is -0.105. The van der Waals surface area contributed by atoms with Crippen LogP contribution in [-0.4, -0.2) is 30.2 Å². The summed E-state index contributed by atoms with van der Waals surface area (Å²) >= 11 is 0.769. The summed E-state index contributed by atoms with van der Waals surface area (Å²) in [6.45, 7) is 2.13. The number of halogens is 3. The molecule has 0 unspecified atom stereocenters. The van der Waals surface area contributed by atoms with Gasteiger partial charge >= 0.3 is 6.18 Å². The first-order valence-electron chi connectivity index (χ1n) is 3.80. The average Bonchev–Trinajstić information content (AvgIpc) is 1.97. The molecule has 0 amide bonds. The monoisotopic (exact) mass is 215 g/mol. The summed E-state index contributed by atoms with van der Waals surface area (Å²) in [7, 11) is 0. The molecule has 0 aliphatic carbocycles. The zero-order valence-electron chi connectivity index (χ0n) is 7.28. The molecule has 78 valence electrons. The number of rotatable bonds is 5. The highest BCUT2D eigenvalue weighted by molar-refractivity contribution is 7.99. The Hall–Kier alpha value is -0.390. The van der Waals surface area contributed by atoms with Crippen molar-refractivity contribution in [1.82, 2.24) is 0 Å². The van der Waals surface area contributed by atoms with Crippen LogP contribution in [0.3, 0.4) is 0 Å². The number of hydrogen-bond acceptors (Lipinski definition) is 3. The number of alkyl halides is 3. The fourth-order valence-electron chi connectivity index (χ4n) is 0.599. The molecule has 0 aromatic rings. The van der Waals surface area contributed by atoms with Gasteiger partial charge in [0.05, 0.1) is 12.4 Å². The first-order chi connectivity index (χ1) is 5.95. The Kier molecular flexibility index (Phi) is 5.94. The molecule has 0 atom stereocenters. The van der Waals surface area contributed by atoms with Crippen LogP contribution in [0.25, 0.3) is 0 Å². The molecule has 0 fully saturated rings. The van der Waals surface area contributed by atoms with E-state index in [0.29, 0.717) is 6.61 Å². The molecule has 0 aromatic heterocycles. The minimum atomic E-state index is -4.11. The summed E-state index contributed by atoms with van der Waals surface area (Å²) in [5.41, 5.74) is 0. The van der Waals surface area contributed by atoms with E-state index < -0.39 is 11.9 Å². The van der Waals surface area contributed by atoms with E-state index >= 15 is 0 Å². The largest absolute Gasteiger partial charge is 0.481 e. The van der Waals surface area contributed by atoms with Gasteiger partial charge < -0.3 is 4.74 Å². The van der Waals surface area contributed by atoms with Crippen LogP contribution in [-0.2, 0) is 4.74 Å². The maximum absolute atomic E-state index is 11.6. The maximum atomic E-state index is 11.6. The van der Waals surface area contributed by atoms with Crippen molar-refractivity contribution < 1.29 is 17.9 Å². The third-order valence-corrected chi connectivity index (χ3v) is 2.08. The molecular weight excluding hydrogens is 203 g/mol. The molecule has 0 aliphatic heterocycles. The summed E-state index contributed by atoms with van der Waals surface area (Å²) in [5.74, 6) is -0.526. The number of ether oxygens (including phenoxy) is 1. The number of thioether (sulfide) groups is 1. The number of hydrogen-bond donors (Lipinski definition) is 1. The van der Waals surface area contributed by atoms with Gasteiger partial charge in [-0.05, 0) is 6.92 Å². The Morgan fingerprint density at radius 2 is 2.08 bits per heavy atom. The Bertz CT molecular complexity index is 160. The van der Waals surface area contributed by atoms with Crippen molar-refractivity contribution in [1.29, 1.82) is 5.41 Å². The zero-order valence-corrected chi connectivity index (χ0v) is 8.10. The Morgan fingerprint density at radius 1 is 1.46 bits per heavy atom. The predicted molar refractivity (Wildman–Crippen MR) is 47.3 cm³/mol. The average molecular weight is 215 g/mol. The summed E-state index contributed by atoms with van der Waals surface area (Å²) < 4.78 is 39.6. The second kappa shape index (κ2) is 6.12. The van der Waals surface area contributed by atoms with E-state index in [1.165, 1.54) is 0 Å². The first kappa shape index (κ1) is 12.6. The van der Waals surface area contributed by atoms with E-state index in [1.54, 1.807) is 6.92 Å². The lowest BCUT2D eigenvalue weighted by Gasteiger charge is -2.06. The highest BCUT2D eigenvalue weighted by Gasteiger charge is 2.26. The molecule has 0 saturated heterocycles. The van der Waals surface area contributed by atoms with Gasteiger partial charge in [-0.1, -0.05) is 0 Å². The van der Waals surface area contributed by atoms with Crippen molar-refractivity contribution in [2.75, 3.05) is 18.1 Å². The third kappa shape index (κ3) is 9.52. The third-order valence-electron chi connectivity index (χ3n) is 1.06. The maximum Gasteiger partial charge on any atom is 0.397 e. The fourth-order valence-corrected chi connectivity index (χ4v) is 1.30. The molecule has 0 spiro atoms. The minimum absolute atomic E-state index is 0.0529. The summed E-state index contributed by atoms with van der Waals surface area (Å²) in [6, 6.07) is 0.